The molecule has 0 bridgehead atoms. The Morgan fingerprint density at radius 1 is 0.556 bits per heavy atom. The molecule has 0 saturated heterocycles. The van der Waals surface area contributed by atoms with Crippen LogP contribution in [-0.2, 0) is 15.9 Å². The molecule has 9 heteroatoms. The van der Waals surface area contributed by atoms with Crippen LogP contribution in [-0.4, -0.2) is 32.9 Å². The van der Waals surface area contributed by atoms with E-state index in [1.807, 2.05) is 0 Å². The van der Waals surface area contributed by atoms with Crippen LogP contribution >= 0.6 is 19.1 Å². The van der Waals surface area contributed by atoms with Gasteiger partial charge < -0.3 is 32.9 Å². The van der Waals surface area contributed by atoms with Gasteiger partial charge in [0.25, 0.3) is 0 Å². The molecule has 0 atom stereocenters. The van der Waals surface area contributed by atoms with Gasteiger partial charge in [0.2, 0.25) is 0 Å². The molecule has 9 heavy (non-hydrogen) atoms. The predicted molar refractivity (Wildman–Crippen MR) is 33.4 cm³/mol. The molecule has 0 saturated carbocycles. The van der Waals surface area contributed by atoms with Crippen molar-refractivity contribution < 1.29 is 48.8 Å². The first-order valence-electron chi connectivity index (χ1n) is 0.239. The fourth-order valence-electron chi connectivity index (χ4n) is 0. The average molecular weight is 285 g/mol. The van der Waals surface area contributed by atoms with Crippen molar-refractivity contribution in [1.29, 1.82) is 0 Å². The zero-order chi connectivity index (χ0) is 2.71. The van der Waals surface area contributed by atoms with Crippen molar-refractivity contribution in [3.05, 3.63) is 0 Å². The summed E-state index contributed by atoms with van der Waals surface area (Å²) in [6.07, 6.45) is 0. The second kappa shape index (κ2) is 144. The van der Waals surface area contributed by atoms with Crippen LogP contribution in [0.25, 0.3) is 0 Å². The van der Waals surface area contributed by atoms with Gasteiger partial charge in [0.05, 0.1) is 0 Å². The van der Waals surface area contributed by atoms with Crippen molar-refractivity contribution >= 4 is 19.1 Å². The summed E-state index contributed by atoms with van der Waals surface area (Å²) in [5.41, 5.74) is 0. The molecule has 0 heterocycles. The first-order chi connectivity index (χ1) is 1.41. The maximum atomic E-state index is 4.81. The summed E-state index contributed by atoms with van der Waals surface area (Å²) in [6.45, 7) is 0. The van der Waals surface area contributed by atoms with Crippen molar-refractivity contribution in [2.75, 3.05) is 0 Å². The molecule has 0 spiro atoms. The van der Waals surface area contributed by atoms with E-state index in [1.165, 1.54) is 0 Å². The van der Waals surface area contributed by atoms with Gasteiger partial charge in [-0.05, 0) is 0 Å². The van der Waals surface area contributed by atoms with Crippen molar-refractivity contribution in [2.24, 2.45) is 0 Å². The molecule has 0 unspecified atom stereocenters. The Bertz CT molecular complexity index is 11.0. The third-order valence-corrected chi connectivity index (χ3v) is 0. The van der Waals surface area contributed by atoms with E-state index in [-0.39, 0.29) is 48.8 Å². The van der Waals surface area contributed by atoms with Gasteiger partial charge in [0.15, 0.2) is 0 Å². The van der Waals surface area contributed by atoms with Crippen LogP contribution in [0, 0.1) is 0 Å². The third-order valence-electron chi connectivity index (χ3n) is 0. The Labute approximate surface area is 68.1 Å². The molecule has 0 rings (SSSR count). The summed E-state index contributed by atoms with van der Waals surface area (Å²) in [4.78, 5) is 0. The van der Waals surface area contributed by atoms with Gasteiger partial charge >= 0.3 is 35.0 Å². The Morgan fingerprint density at radius 3 is 0.556 bits per heavy atom. The predicted octanol–water partition coefficient (Wildman–Crippen LogP) is -3.57. The molecular weight excluding hydrogens is 273 g/mol. The zero-order valence-corrected chi connectivity index (χ0v) is 7.14. The van der Waals surface area contributed by atoms with Crippen molar-refractivity contribution in [3.63, 3.8) is 0 Å². The van der Waals surface area contributed by atoms with Gasteiger partial charge in [-0.15, -0.1) is 0 Å². The van der Waals surface area contributed by atoms with Gasteiger partial charge in [-0.2, -0.15) is 0 Å². The molecule has 0 amide bonds. The van der Waals surface area contributed by atoms with Crippen molar-refractivity contribution in [2.45, 2.75) is 0 Å². The summed E-state index contributed by atoms with van der Waals surface area (Å²) in [5.74, 6) is 0. The van der Waals surface area contributed by atoms with Crippen LogP contribution in [0.3, 0.4) is 0 Å². The minimum absolute atomic E-state index is 0. The quantitative estimate of drug-likeness (QED) is 0.398. The van der Waals surface area contributed by atoms with Crippen LogP contribution < -0.4 is 0 Å². The molecule has 0 radical (unpaired) electrons. The van der Waals surface area contributed by atoms with Crippen LogP contribution in [0.2, 0.25) is 0 Å². The second-order valence-corrected chi connectivity index (χ2v) is 2.41. The number of halogens is 2. The second-order valence-electron chi connectivity index (χ2n) is 0.0452. The van der Waals surface area contributed by atoms with Gasteiger partial charge in [-0.25, -0.2) is 0 Å². The first-order valence-corrected chi connectivity index (χ1v) is 4.24. The Morgan fingerprint density at radius 2 is 0.556 bits per heavy atom. The molecule has 0 aromatic rings. The van der Waals surface area contributed by atoms with Crippen molar-refractivity contribution in [1.82, 2.24) is 0 Å². The van der Waals surface area contributed by atoms with Crippen molar-refractivity contribution in [3.8, 4) is 0 Å². The summed E-state index contributed by atoms with van der Waals surface area (Å²) >= 11 is -0.106. The van der Waals surface area contributed by atoms with Crippen LogP contribution in [0.5, 0.6) is 0 Å². The van der Waals surface area contributed by atoms with E-state index in [2.05, 4.69) is 0 Å². The maximum absolute atomic E-state index is 4.81. The van der Waals surface area contributed by atoms with Gasteiger partial charge in [0, 0.05) is 0 Å². The SMILES string of the molecule is O.O.O.O.O.O.[Cl][Pd][Cl]. The molecule has 12 N–H and O–H groups in total. The fraction of sp³-hybridized carbons (Fsp3) is 0. The third kappa shape index (κ3) is 439. The van der Waals surface area contributed by atoms with Gasteiger partial charge in [-0.1, -0.05) is 0 Å². The average Bonchev–Trinajstić information content (AvgIpc) is 0.918. The minimum atomic E-state index is -0.106. The molecule has 0 aliphatic carbocycles. The molecule has 0 aliphatic heterocycles. The summed E-state index contributed by atoms with van der Waals surface area (Å²) in [5, 5.41) is 0. The van der Waals surface area contributed by atoms with Gasteiger partial charge in [-0.3, -0.25) is 0 Å². The Balaban J connectivity index is -0.00000000133. The van der Waals surface area contributed by atoms with E-state index in [1.54, 1.807) is 0 Å². The van der Waals surface area contributed by atoms with E-state index < -0.39 is 0 Å². The molecular formula is H12Cl2O6Pd. The summed E-state index contributed by atoms with van der Waals surface area (Å²) in [6, 6.07) is 0. The standard InChI is InChI=1S/2ClH.6H2O.Pd/h2*1H;6*1H2;/q;;;;;;;;+2/p-2. The van der Waals surface area contributed by atoms with E-state index in [0.717, 1.165) is 0 Å². The first kappa shape index (κ1) is 89.9. The molecule has 0 aromatic heterocycles. The normalized spacial score (nSPS) is 2.44. The van der Waals surface area contributed by atoms with E-state index in [9.17, 15) is 0 Å². The van der Waals surface area contributed by atoms with E-state index in [0.29, 0.717) is 0 Å². The van der Waals surface area contributed by atoms with E-state index >= 15 is 0 Å². The van der Waals surface area contributed by atoms with Gasteiger partial charge in [0.1, 0.15) is 0 Å². The Kier molecular flexibility index (Phi) is 1440. The molecule has 0 fully saturated rings. The molecule has 72 valence electrons. The van der Waals surface area contributed by atoms with Crippen LogP contribution in [0.15, 0.2) is 0 Å². The molecule has 0 aliphatic rings. The van der Waals surface area contributed by atoms with Crippen LogP contribution in [0.4, 0.5) is 0 Å². The Hall–Kier alpha value is 1.00. The number of hydrogen-bond acceptors (Lipinski definition) is 0. The number of rotatable bonds is 0. The summed E-state index contributed by atoms with van der Waals surface area (Å²) < 4.78 is 0. The fourth-order valence-corrected chi connectivity index (χ4v) is 0. The number of hydrogen-bond donors (Lipinski definition) is 0. The van der Waals surface area contributed by atoms with Crippen LogP contribution in [0.1, 0.15) is 0 Å². The molecule has 0 aromatic carbocycles. The van der Waals surface area contributed by atoms with E-state index in [4.69, 9.17) is 19.1 Å². The monoisotopic (exact) mass is 284 g/mol. The zero-order valence-electron chi connectivity index (χ0n) is 4.07. The molecule has 6 nitrogen and oxygen atoms in total. The topological polar surface area (TPSA) is 189 Å². The summed E-state index contributed by atoms with van der Waals surface area (Å²) in [7, 11) is 9.63.